The summed E-state index contributed by atoms with van der Waals surface area (Å²) in [5, 5.41) is 5.10. The summed E-state index contributed by atoms with van der Waals surface area (Å²) in [4.78, 5) is 47.7. The Bertz CT molecular complexity index is 2870. The predicted molar refractivity (Wildman–Crippen MR) is 220 cm³/mol. The van der Waals surface area contributed by atoms with Gasteiger partial charge < -0.3 is 15.1 Å². The van der Waals surface area contributed by atoms with Crippen LogP contribution >= 0.6 is 22.7 Å². The highest BCUT2D eigenvalue weighted by atomic mass is 32.2. The number of halogens is 5. The molecule has 2 N–H and O–H groups in total. The first kappa shape index (κ1) is 42.1. The Morgan fingerprint density at radius 1 is 0.667 bits per heavy atom. The number of thiazole rings is 1. The number of nitrogens with one attached hydrogen (secondary N) is 2. The molecular formula is C42H32F5N5O5S3. The molecule has 0 spiro atoms. The summed E-state index contributed by atoms with van der Waals surface area (Å²) in [7, 11) is -2.03. The second-order valence-electron chi connectivity index (χ2n) is 13.7. The fourth-order valence-corrected chi connectivity index (χ4v) is 9.23. The quantitative estimate of drug-likeness (QED) is 0.114. The first-order chi connectivity index (χ1) is 28.5. The van der Waals surface area contributed by atoms with Crippen LogP contribution in [-0.4, -0.2) is 57.3 Å². The standard InChI is InChI=1S/C42H32F5N5O5S3/c1-51(30-3-7-38-25(17-30)9-10-58-38)41(54)36(15-23-11-26(43)18-27(44)12-23)49-40(53)33-21-32(5-6-34(33)47)60(56,57)50-37(16-24-13-28(45)19-29(46)14-24)42(55)52(2)31-4-8-39-35(20-31)48-22-59-39/h3-14,17-22,36-37,50H,15-16H2,1-2H3,(H,49,53)/t36-,37-/m0/s1. The van der Waals surface area contributed by atoms with Crippen molar-refractivity contribution in [2.75, 3.05) is 23.9 Å². The molecule has 2 aromatic heterocycles. The molecule has 0 aliphatic carbocycles. The van der Waals surface area contributed by atoms with Gasteiger partial charge in [0, 0.05) is 48.7 Å². The van der Waals surface area contributed by atoms with E-state index in [0.29, 0.717) is 41.2 Å². The summed E-state index contributed by atoms with van der Waals surface area (Å²) in [6.07, 6.45) is -0.971. The van der Waals surface area contributed by atoms with Crippen LogP contribution in [0.3, 0.4) is 0 Å². The molecule has 0 fully saturated rings. The molecule has 0 aliphatic heterocycles. The Morgan fingerprint density at radius 3 is 1.87 bits per heavy atom. The number of likely N-dealkylation sites (N-methyl/N-ethyl adjacent to an activating group) is 2. The fraction of sp³-hybridized carbons (Fsp3) is 0.143. The van der Waals surface area contributed by atoms with Gasteiger partial charge in [0.05, 0.1) is 26.2 Å². The third-order valence-electron chi connectivity index (χ3n) is 9.60. The molecule has 10 nitrogen and oxygen atoms in total. The SMILES string of the molecule is CN(C(=O)[C@H](Cc1cc(F)cc(F)c1)NC(=O)c1cc(S(=O)(=O)N[C@@H](Cc2cc(F)cc(F)c2)C(=O)N(C)c2ccc3scnc3c2)ccc1F)c1ccc2sccc2c1. The average molecular weight is 878 g/mol. The van der Waals surface area contributed by atoms with Gasteiger partial charge in [-0.2, -0.15) is 4.72 Å². The number of benzene rings is 5. The lowest BCUT2D eigenvalue weighted by Gasteiger charge is -2.26. The number of fused-ring (bicyclic) bond motifs is 2. The molecule has 0 unspecified atom stereocenters. The molecule has 2 heterocycles. The molecule has 18 heteroatoms. The van der Waals surface area contributed by atoms with Crippen molar-refractivity contribution in [1.29, 1.82) is 0 Å². The average Bonchev–Trinajstić information content (AvgIpc) is 3.88. The van der Waals surface area contributed by atoms with Crippen LogP contribution in [0.25, 0.3) is 20.3 Å². The lowest BCUT2D eigenvalue weighted by atomic mass is 10.0. The van der Waals surface area contributed by atoms with Gasteiger partial charge in [-0.3, -0.25) is 14.4 Å². The van der Waals surface area contributed by atoms with Crippen molar-refractivity contribution in [3.8, 4) is 0 Å². The Balaban J connectivity index is 1.18. The molecule has 0 saturated carbocycles. The number of rotatable bonds is 13. The number of carbonyl (C=O) groups is 3. The highest BCUT2D eigenvalue weighted by Gasteiger charge is 2.32. The number of amides is 3. The molecule has 3 amide bonds. The summed E-state index contributed by atoms with van der Waals surface area (Å²) in [5.74, 6) is -7.85. The molecule has 60 heavy (non-hydrogen) atoms. The number of anilines is 2. The number of sulfonamides is 1. The van der Waals surface area contributed by atoms with Crippen LogP contribution < -0.4 is 19.8 Å². The van der Waals surface area contributed by atoms with E-state index in [1.54, 1.807) is 41.9 Å². The molecule has 0 radical (unpaired) electrons. The topological polar surface area (TPSA) is 129 Å². The minimum absolute atomic E-state index is 0.0146. The van der Waals surface area contributed by atoms with Crippen molar-refractivity contribution in [2.24, 2.45) is 0 Å². The van der Waals surface area contributed by atoms with E-state index in [1.807, 2.05) is 11.4 Å². The van der Waals surface area contributed by atoms with Gasteiger partial charge in [0.1, 0.15) is 41.2 Å². The minimum Gasteiger partial charge on any atom is -0.340 e. The van der Waals surface area contributed by atoms with Crippen LogP contribution in [0.15, 0.2) is 113 Å². The van der Waals surface area contributed by atoms with Crippen molar-refractivity contribution >= 4 is 82.1 Å². The van der Waals surface area contributed by atoms with Gasteiger partial charge in [0.25, 0.3) is 5.91 Å². The lowest BCUT2D eigenvalue weighted by Crippen LogP contribution is -2.49. The van der Waals surface area contributed by atoms with Gasteiger partial charge in [0.15, 0.2) is 0 Å². The van der Waals surface area contributed by atoms with Crippen LogP contribution in [0, 0.1) is 29.1 Å². The largest absolute Gasteiger partial charge is 0.340 e. The van der Waals surface area contributed by atoms with Crippen LogP contribution in [0.2, 0.25) is 0 Å². The third-order valence-corrected chi connectivity index (χ3v) is 12.8. The Labute approximate surface area is 348 Å². The first-order valence-corrected chi connectivity index (χ1v) is 21.2. The Hall–Kier alpha value is -6.08. The van der Waals surface area contributed by atoms with Crippen LogP contribution in [0.1, 0.15) is 21.5 Å². The summed E-state index contributed by atoms with van der Waals surface area (Å²) in [5.41, 5.74) is 2.02. The molecule has 2 atom stereocenters. The number of carbonyl (C=O) groups excluding carboxylic acids is 3. The second-order valence-corrected chi connectivity index (χ2v) is 17.3. The van der Waals surface area contributed by atoms with Gasteiger partial charge in [-0.1, -0.05) is 0 Å². The molecule has 0 saturated heterocycles. The maximum absolute atomic E-state index is 15.5. The smallest absolute Gasteiger partial charge is 0.254 e. The zero-order chi connectivity index (χ0) is 42.9. The fourth-order valence-electron chi connectivity index (χ4n) is 6.58. The molecular weight excluding hydrogens is 846 g/mol. The van der Waals surface area contributed by atoms with E-state index in [9.17, 15) is 40.4 Å². The monoisotopic (exact) mass is 877 g/mol. The molecule has 0 bridgehead atoms. The van der Waals surface area contributed by atoms with Crippen molar-refractivity contribution in [3.63, 3.8) is 0 Å². The van der Waals surface area contributed by atoms with E-state index < -0.39 is 92.2 Å². The van der Waals surface area contributed by atoms with E-state index in [0.717, 1.165) is 50.0 Å². The van der Waals surface area contributed by atoms with Gasteiger partial charge in [-0.15, -0.1) is 22.7 Å². The third kappa shape index (κ3) is 9.36. The number of hydrogen-bond acceptors (Lipinski definition) is 8. The summed E-state index contributed by atoms with van der Waals surface area (Å²) in [6.45, 7) is 0. The van der Waals surface area contributed by atoms with Gasteiger partial charge in [0.2, 0.25) is 21.8 Å². The summed E-state index contributed by atoms with van der Waals surface area (Å²) >= 11 is 2.85. The molecule has 7 aromatic rings. The van der Waals surface area contributed by atoms with E-state index >= 15 is 4.39 Å². The van der Waals surface area contributed by atoms with E-state index in [4.69, 9.17) is 0 Å². The number of aromatic nitrogens is 1. The maximum atomic E-state index is 15.5. The predicted octanol–water partition coefficient (Wildman–Crippen LogP) is 7.76. The van der Waals surface area contributed by atoms with Crippen molar-refractivity contribution < 1.29 is 44.8 Å². The van der Waals surface area contributed by atoms with E-state index in [1.165, 1.54) is 41.7 Å². The number of nitrogens with zero attached hydrogens (tertiary/aromatic N) is 3. The summed E-state index contributed by atoms with van der Waals surface area (Å²) in [6, 6.07) is 16.0. The Kier molecular flexibility index (Phi) is 12.1. The van der Waals surface area contributed by atoms with Crippen LogP contribution in [0.4, 0.5) is 33.3 Å². The van der Waals surface area contributed by atoms with Gasteiger partial charge in [-0.05, 0) is 113 Å². The van der Waals surface area contributed by atoms with Crippen LogP contribution in [0.5, 0.6) is 0 Å². The van der Waals surface area contributed by atoms with Crippen LogP contribution in [-0.2, 0) is 32.5 Å². The molecule has 7 rings (SSSR count). The van der Waals surface area contributed by atoms with Crippen molar-refractivity contribution in [2.45, 2.75) is 29.8 Å². The lowest BCUT2D eigenvalue weighted by molar-refractivity contribution is -0.120. The number of hydrogen-bond donors (Lipinski definition) is 2. The zero-order valence-corrected chi connectivity index (χ0v) is 33.9. The van der Waals surface area contributed by atoms with Crippen molar-refractivity contribution in [1.82, 2.24) is 15.0 Å². The van der Waals surface area contributed by atoms with E-state index in [2.05, 4.69) is 15.0 Å². The van der Waals surface area contributed by atoms with Crippen molar-refractivity contribution in [3.05, 3.63) is 154 Å². The molecule has 5 aromatic carbocycles. The summed E-state index contributed by atoms with van der Waals surface area (Å²) < 4.78 is 104. The maximum Gasteiger partial charge on any atom is 0.254 e. The van der Waals surface area contributed by atoms with Gasteiger partial charge in [-0.25, -0.2) is 35.4 Å². The first-order valence-electron chi connectivity index (χ1n) is 17.9. The highest BCUT2D eigenvalue weighted by Crippen LogP contribution is 2.28. The Morgan fingerprint density at radius 2 is 1.23 bits per heavy atom. The van der Waals surface area contributed by atoms with Gasteiger partial charge >= 0.3 is 0 Å². The highest BCUT2D eigenvalue weighted by molar-refractivity contribution is 7.89. The molecule has 308 valence electrons. The normalized spacial score (nSPS) is 12.7. The zero-order valence-electron chi connectivity index (χ0n) is 31.5. The van der Waals surface area contributed by atoms with E-state index in [-0.39, 0.29) is 11.1 Å². The molecule has 0 aliphatic rings. The minimum atomic E-state index is -4.82. The second kappa shape index (κ2) is 17.3. The number of thiophene rings is 1.